The highest BCUT2D eigenvalue weighted by molar-refractivity contribution is 7.47. The fraction of sp³-hybridized carbons (Fsp3) is 0.593. The van der Waals surface area contributed by atoms with Gasteiger partial charge in [0.1, 0.15) is 25.4 Å². The Morgan fingerprint density at radius 3 is 0.780 bits per heavy atom. The van der Waals surface area contributed by atoms with Gasteiger partial charge in [0.15, 0.2) is 6.10 Å². The number of esters is 3. The number of hydrogen-bond acceptors (Lipinski definition) is 14. The third-order valence-corrected chi connectivity index (χ3v) is 18.4. The number of rotatable bonds is 76. The molecule has 0 spiro atoms. The zero-order valence-corrected chi connectivity index (χ0v) is 69.2. The second-order valence-corrected chi connectivity index (χ2v) is 29.7. The SMILES string of the molecule is CC/C=C\C/C=C\C/C=C\C/C=C\C/C=C\C/C=C\CCCCC(=O)OCC(COP(=O)(O)OCC(O)COP(=O)(O)OCC(O)COC(=O)CCCCCCCCCCCCCCCCCCC/C=C\C/C=C\C/C=C\C/C=C\C/C=C\CC)OC(=O)CC/C=C\C/C=C\C/C=C\C/C=C\C/C=C\C/C=C\CC. The molecule has 0 amide bonds. The molecule has 16 nitrogen and oxygen atoms in total. The maximum atomic E-state index is 13.0. The van der Waals surface area contributed by atoms with E-state index in [2.05, 4.69) is 209 Å². The Hall–Kier alpha value is -5.87. The van der Waals surface area contributed by atoms with E-state index in [1.54, 1.807) is 0 Å². The predicted octanol–water partition coefficient (Wildman–Crippen LogP) is 24.9. The van der Waals surface area contributed by atoms with Crippen LogP contribution in [0, 0.1) is 0 Å². The lowest BCUT2D eigenvalue weighted by atomic mass is 10.0. The van der Waals surface area contributed by atoms with Crippen LogP contribution in [0.3, 0.4) is 0 Å². The summed E-state index contributed by atoms with van der Waals surface area (Å²) in [5, 5.41) is 20.7. The van der Waals surface area contributed by atoms with Gasteiger partial charge in [-0.05, 0) is 154 Å². The first-order valence-electron chi connectivity index (χ1n) is 41.4. The molecule has 616 valence electrons. The molecule has 0 saturated carbocycles. The molecule has 0 rings (SSSR count). The van der Waals surface area contributed by atoms with E-state index in [0.29, 0.717) is 25.7 Å². The maximum Gasteiger partial charge on any atom is 0.472 e. The van der Waals surface area contributed by atoms with Crippen molar-refractivity contribution in [2.75, 3.05) is 39.6 Å². The van der Waals surface area contributed by atoms with Crippen LogP contribution in [0.15, 0.2) is 207 Å². The van der Waals surface area contributed by atoms with Crippen LogP contribution in [0.5, 0.6) is 0 Å². The van der Waals surface area contributed by atoms with Crippen LogP contribution in [0.4, 0.5) is 0 Å². The number of hydrogen-bond donors (Lipinski definition) is 4. The van der Waals surface area contributed by atoms with E-state index < -0.39 is 91.5 Å². The van der Waals surface area contributed by atoms with Gasteiger partial charge < -0.3 is 34.2 Å². The number of phosphoric acid groups is 2. The normalized spacial score (nSPS) is 15.0. The van der Waals surface area contributed by atoms with Gasteiger partial charge in [-0.2, -0.15) is 0 Å². The molecule has 0 saturated heterocycles. The average Bonchev–Trinajstić information content (AvgIpc) is 0.906. The molecule has 4 N–H and O–H groups in total. The van der Waals surface area contributed by atoms with Crippen molar-refractivity contribution < 1.29 is 75.8 Å². The van der Waals surface area contributed by atoms with Gasteiger partial charge in [-0.1, -0.05) is 324 Å². The largest absolute Gasteiger partial charge is 0.472 e. The highest BCUT2D eigenvalue weighted by atomic mass is 31.2. The van der Waals surface area contributed by atoms with Crippen LogP contribution < -0.4 is 0 Å². The number of aliphatic hydroxyl groups excluding tert-OH is 2. The fourth-order valence-corrected chi connectivity index (χ4v) is 11.9. The van der Waals surface area contributed by atoms with Crippen molar-refractivity contribution in [1.82, 2.24) is 0 Å². The van der Waals surface area contributed by atoms with E-state index in [1.165, 1.54) is 89.9 Å². The van der Waals surface area contributed by atoms with Crippen LogP contribution in [-0.2, 0) is 55.8 Å². The molecule has 0 aliphatic rings. The minimum Gasteiger partial charge on any atom is -0.463 e. The standard InChI is InChI=1S/C91H146O16P2/c1-4-7-10-13-16-19-22-25-28-31-34-36-37-38-39-40-41-42-43-44-45-46-47-49-52-53-56-59-62-65-68-71-74-77-89(94)101-80-86(92)81-103-108(97,98)104-82-87(93)83-105-109(99,100)106-85-88(107-91(96)79-76-73-70-67-64-61-58-55-50-33-30-27-24-21-18-15-12-9-6-3)84-102-90(95)78-75-72-69-66-63-60-57-54-51-48-35-32-29-26-23-20-17-14-11-8-5-2/h7-12,16-21,25-30,34-36,38-39,48,50,54-55,57,61,63-64,66,70,73,86-88,92-93H,4-6,13-15,22-24,31-33,37,40-47,49,51-53,56,58-60,62,65,67-69,71-72,74-85H2,1-3H3,(H,97,98)(H,99,100)/b10-7-,11-8-,12-9-,19-16-,20-17-,21-18-,28-25-,29-26-,30-27-,36-34-,39-38-,48-35-,55-50-,57-54-,64-61-,66-63-,73-70-. The molecule has 0 aromatic carbocycles. The maximum absolute atomic E-state index is 13.0. The van der Waals surface area contributed by atoms with Crippen LogP contribution in [-0.4, -0.2) is 95.9 Å². The van der Waals surface area contributed by atoms with Crippen molar-refractivity contribution >= 4 is 33.6 Å². The molecule has 0 aliphatic carbocycles. The van der Waals surface area contributed by atoms with Gasteiger partial charge in [0.25, 0.3) is 0 Å². The number of unbranched alkanes of at least 4 members (excludes halogenated alkanes) is 19. The average molecular weight is 1560 g/mol. The van der Waals surface area contributed by atoms with Crippen molar-refractivity contribution in [3.05, 3.63) is 207 Å². The van der Waals surface area contributed by atoms with Gasteiger partial charge in [-0.15, -0.1) is 0 Å². The fourth-order valence-electron chi connectivity index (χ4n) is 10.3. The van der Waals surface area contributed by atoms with Crippen LogP contribution in [0.25, 0.3) is 0 Å². The van der Waals surface area contributed by atoms with E-state index in [-0.39, 0.29) is 19.3 Å². The van der Waals surface area contributed by atoms with E-state index in [4.69, 9.17) is 32.3 Å². The number of carbonyl (C=O) groups is 3. The first-order valence-corrected chi connectivity index (χ1v) is 44.4. The molecule has 0 bridgehead atoms. The zero-order valence-electron chi connectivity index (χ0n) is 67.4. The minimum absolute atomic E-state index is 0.0388. The molecule has 0 heterocycles. The Bertz CT molecular complexity index is 2810. The molecule has 0 fully saturated rings. The highest BCUT2D eigenvalue weighted by Gasteiger charge is 2.29. The van der Waals surface area contributed by atoms with Crippen LogP contribution in [0.1, 0.15) is 290 Å². The molecule has 0 aromatic heterocycles. The molecule has 109 heavy (non-hydrogen) atoms. The summed E-state index contributed by atoms with van der Waals surface area (Å²) in [6.07, 6.45) is 109. The van der Waals surface area contributed by atoms with Gasteiger partial charge in [0.2, 0.25) is 0 Å². The lowest BCUT2D eigenvalue weighted by Crippen LogP contribution is -2.29. The number of carbonyl (C=O) groups excluding carboxylic acids is 3. The third kappa shape index (κ3) is 82.9. The van der Waals surface area contributed by atoms with Gasteiger partial charge >= 0.3 is 33.6 Å². The molecule has 5 atom stereocenters. The highest BCUT2D eigenvalue weighted by Crippen LogP contribution is 2.45. The van der Waals surface area contributed by atoms with Gasteiger partial charge in [0.05, 0.1) is 26.4 Å². The second kappa shape index (κ2) is 81.6. The summed E-state index contributed by atoms with van der Waals surface area (Å²) in [6.45, 7) is 2.18. The Labute approximate surface area is 660 Å². The van der Waals surface area contributed by atoms with Crippen molar-refractivity contribution in [2.24, 2.45) is 0 Å². The Balaban J connectivity index is 4.61. The molecule has 18 heteroatoms. The summed E-state index contributed by atoms with van der Waals surface area (Å²) in [6, 6.07) is 0. The summed E-state index contributed by atoms with van der Waals surface area (Å²) < 4.78 is 61.1. The van der Waals surface area contributed by atoms with Gasteiger partial charge in [0, 0.05) is 19.3 Å². The van der Waals surface area contributed by atoms with E-state index >= 15 is 0 Å². The molecule has 5 unspecified atom stereocenters. The van der Waals surface area contributed by atoms with Crippen molar-refractivity contribution in [2.45, 2.75) is 309 Å². The van der Waals surface area contributed by atoms with Crippen LogP contribution in [0.2, 0.25) is 0 Å². The quantitative estimate of drug-likeness (QED) is 0.0146. The lowest BCUT2D eigenvalue weighted by molar-refractivity contribution is -0.161. The summed E-state index contributed by atoms with van der Waals surface area (Å²) in [5.41, 5.74) is 0. The van der Waals surface area contributed by atoms with Crippen LogP contribution >= 0.6 is 15.6 Å². The Kier molecular flexibility index (Phi) is 77.2. The second-order valence-electron chi connectivity index (χ2n) is 26.8. The zero-order chi connectivity index (χ0) is 79.4. The monoisotopic (exact) mass is 1560 g/mol. The van der Waals surface area contributed by atoms with E-state index in [1.807, 2.05) is 18.2 Å². The summed E-state index contributed by atoms with van der Waals surface area (Å²) in [7, 11) is -9.85. The topological polar surface area (TPSA) is 231 Å². The summed E-state index contributed by atoms with van der Waals surface area (Å²) in [5.74, 6) is -1.74. The summed E-state index contributed by atoms with van der Waals surface area (Å²) in [4.78, 5) is 58.7. The first-order chi connectivity index (χ1) is 53.2. The smallest absolute Gasteiger partial charge is 0.463 e. The van der Waals surface area contributed by atoms with Gasteiger partial charge in [-0.25, -0.2) is 9.13 Å². The van der Waals surface area contributed by atoms with Crippen molar-refractivity contribution in [1.29, 1.82) is 0 Å². The number of ether oxygens (including phenoxy) is 3. The number of aliphatic hydroxyl groups is 2. The Morgan fingerprint density at radius 1 is 0.257 bits per heavy atom. The van der Waals surface area contributed by atoms with Gasteiger partial charge in [-0.3, -0.25) is 32.5 Å². The molecule has 0 aliphatic heterocycles. The first kappa shape index (κ1) is 103. The van der Waals surface area contributed by atoms with E-state index in [9.17, 15) is 43.5 Å². The van der Waals surface area contributed by atoms with Crippen molar-refractivity contribution in [3.8, 4) is 0 Å². The number of phosphoric ester groups is 2. The number of allylic oxidation sites excluding steroid dienone is 34. The third-order valence-electron chi connectivity index (χ3n) is 16.5. The summed E-state index contributed by atoms with van der Waals surface area (Å²) >= 11 is 0. The Morgan fingerprint density at radius 2 is 0.477 bits per heavy atom. The molecule has 0 radical (unpaired) electrons. The predicted molar refractivity (Wildman–Crippen MR) is 454 cm³/mol. The molecular formula is C91H146O16P2. The van der Waals surface area contributed by atoms with Crippen molar-refractivity contribution in [3.63, 3.8) is 0 Å². The molecular weight excluding hydrogens is 1410 g/mol. The molecule has 0 aromatic rings. The lowest BCUT2D eigenvalue weighted by Gasteiger charge is -2.21. The van der Waals surface area contributed by atoms with E-state index in [0.717, 1.165) is 135 Å². The minimum atomic E-state index is -4.97.